The highest BCUT2D eigenvalue weighted by molar-refractivity contribution is 7.07. The molecule has 0 bridgehead atoms. The monoisotopic (exact) mass is 306 g/mol. The predicted octanol–water partition coefficient (Wildman–Crippen LogP) is 3.30. The third-order valence-electron chi connectivity index (χ3n) is 3.02. The van der Waals surface area contributed by atoms with Crippen molar-refractivity contribution in [3.63, 3.8) is 0 Å². The number of aromatic carboxylic acids is 1. The molecule has 2 heterocycles. The van der Waals surface area contributed by atoms with E-state index in [2.05, 4.69) is 21.8 Å². The Kier molecular flexibility index (Phi) is 3.95. The summed E-state index contributed by atoms with van der Waals surface area (Å²) in [5.74, 6) is 5.00. The number of nitrogens with zero attached hydrogens (tertiary/aromatic N) is 2. The minimum atomic E-state index is -0.982. The maximum absolute atomic E-state index is 11.5. The van der Waals surface area contributed by atoms with Crippen LogP contribution in [0.5, 0.6) is 0 Å². The highest BCUT2D eigenvalue weighted by atomic mass is 32.1. The lowest BCUT2D eigenvalue weighted by atomic mass is 9.95. The van der Waals surface area contributed by atoms with E-state index in [4.69, 9.17) is 0 Å². The van der Waals surface area contributed by atoms with Crippen LogP contribution in [0.2, 0.25) is 0 Å². The molecule has 2 aromatic heterocycles. The van der Waals surface area contributed by atoms with Gasteiger partial charge in [-0.3, -0.25) is 4.98 Å². The fraction of sp³-hybridized carbons (Fsp3) is 0. The third-order valence-corrected chi connectivity index (χ3v) is 3.61. The molecule has 5 heteroatoms. The van der Waals surface area contributed by atoms with Gasteiger partial charge in [0.05, 0.1) is 11.1 Å². The van der Waals surface area contributed by atoms with Crippen LogP contribution >= 0.6 is 11.3 Å². The van der Waals surface area contributed by atoms with E-state index in [1.54, 1.807) is 42.2 Å². The molecule has 0 aliphatic carbocycles. The van der Waals surface area contributed by atoms with Gasteiger partial charge in [0.1, 0.15) is 5.69 Å². The zero-order chi connectivity index (χ0) is 15.4. The summed E-state index contributed by atoms with van der Waals surface area (Å²) < 4.78 is 0. The number of thiazole rings is 1. The Hall–Kier alpha value is -2.97. The lowest BCUT2D eigenvalue weighted by Gasteiger charge is -2.08. The number of carboxylic acid groups (broad SMARTS) is 1. The fourth-order valence-corrected chi connectivity index (χ4v) is 2.55. The highest BCUT2D eigenvalue weighted by Crippen LogP contribution is 2.27. The van der Waals surface area contributed by atoms with Gasteiger partial charge in [-0.1, -0.05) is 12.0 Å². The van der Waals surface area contributed by atoms with Crippen molar-refractivity contribution in [2.45, 2.75) is 0 Å². The van der Waals surface area contributed by atoms with E-state index in [1.807, 2.05) is 11.4 Å². The van der Waals surface area contributed by atoms with Crippen LogP contribution in [0.15, 0.2) is 53.6 Å². The molecule has 0 aliphatic rings. The first-order valence-corrected chi connectivity index (χ1v) is 7.37. The number of rotatable bonds is 2. The first-order valence-electron chi connectivity index (χ1n) is 6.42. The summed E-state index contributed by atoms with van der Waals surface area (Å²) in [6.07, 6.45) is 3.26. The molecular formula is C17H10N2O2S. The van der Waals surface area contributed by atoms with Crippen molar-refractivity contribution in [2.75, 3.05) is 0 Å². The maximum atomic E-state index is 11.5. The second-order valence-electron chi connectivity index (χ2n) is 4.39. The summed E-state index contributed by atoms with van der Waals surface area (Å²) in [6.45, 7) is 0. The zero-order valence-corrected chi connectivity index (χ0v) is 12.2. The Bertz CT molecular complexity index is 863. The van der Waals surface area contributed by atoms with E-state index in [-0.39, 0.29) is 5.56 Å². The van der Waals surface area contributed by atoms with E-state index < -0.39 is 5.97 Å². The predicted molar refractivity (Wildman–Crippen MR) is 84.7 cm³/mol. The van der Waals surface area contributed by atoms with Gasteiger partial charge in [0, 0.05) is 28.9 Å². The van der Waals surface area contributed by atoms with Crippen molar-refractivity contribution in [1.29, 1.82) is 0 Å². The van der Waals surface area contributed by atoms with E-state index >= 15 is 0 Å². The Labute approximate surface area is 131 Å². The second-order valence-corrected chi connectivity index (χ2v) is 5.11. The minimum absolute atomic E-state index is 0.219. The summed E-state index contributed by atoms with van der Waals surface area (Å²) in [6, 6.07) is 8.62. The van der Waals surface area contributed by atoms with Gasteiger partial charge in [0.15, 0.2) is 0 Å². The number of aromatic nitrogens is 2. The van der Waals surface area contributed by atoms with Crippen molar-refractivity contribution in [3.05, 3.63) is 70.4 Å². The first-order chi connectivity index (χ1) is 10.8. The Morgan fingerprint density at radius 2 is 1.95 bits per heavy atom. The summed E-state index contributed by atoms with van der Waals surface area (Å²) in [7, 11) is 0. The standard InChI is InChI=1S/C17H10N2O2S/c20-17(21)15-3-1-2-12(4-5-14-10-22-11-19-14)16(15)13-6-8-18-9-7-13/h1-3,6-11H,(H,20,21). The van der Waals surface area contributed by atoms with Crippen LogP contribution in [0.1, 0.15) is 21.6 Å². The van der Waals surface area contributed by atoms with E-state index in [0.29, 0.717) is 16.8 Å². The van der Waals surface area contributed by atoms with Crippen LogP contribution in [0.3, 0.4) is 0 Å². The Morgan fingerprint density at radius 3 is 2.64 bits per heavy atom. The van der Waals surface area contributed by atoms with Gasteiger partial charge in [-0.05, 0) is 35.7 Å². The van der Waals surface area contributed by atoms with Gasteiger partial charge in [0.25, 0.3) is 0 Å². The molecule has 0 radical (unpaired) electrons. The summed E-state index contributed by atoms with van der Waals surface area (Å²) in [4.78, 5) is 19.6. The molecule has 106 valence electrons. The van der Waals surface area contributed by atoms with Gasteiger partial charge in [-0.25, -0.2) is 9.78 Å². The molecule has 0 unspecified atom stereocenters. The zero-order valence-electron chi connectivity index (χ0n) is 11.4. The molecule has 0 spiro atoms. The fourth-order valence-electron chi connectivity index (χ4n) is 2.07. The molecule has 0 atom stereocenters. The quantitative estimate of drug-likeness (QED) is 0.738. The number of hydrogen-bond donors (Lipinski definition) is 1. The second kappa shape index (κ2) is 6.20. The van der Waals surface area contributed by atoms with Gasteiger partial charge >= 0.3 is 5.97 Å². The van der Waals surface area contributed by atoms with Gasteiger partial charge < -0.3 is 5.11 Å². The average Bonchev–Trinajstić information content (AvgIpc) is 3.06. The number of benzene rings is 1. The Morgan fingerprint density at radius 1 is 1.14 bits per heavy atom. The molecular weight excluding hydrogens is 296 g/mol. The average molecular weight is 306 g/mol. The van der Waals surface area contributed by atoms with Crippen LogP contribution in [-0.2, 0) is 0 Å². The lowest BCUT2D eigenvalue weighted by Crippen LogP contribution is -2.01. The molecule has 1 N–H and O–H groups in total. The SMILES string of the molecule is O=C(O)c1cccc(C#Cc2cscn2)c1-c1ccncc1. The van der Waals surface area contributed by atoms with Crippen molar-refractivity contribution >= 4 is 17.3 Å². The van der Waals surface area contributed by atoms with Crippen LogP contribution in [0.4, 0.5) is 0 Å². The number of carboxylic acids is 1. The molecule has 0 amide bonds. The van der Waals surface area contributed by atoms with Crippen LogP contribution < -0.4 is 0 Å². The van der Waals surface area contributed by atoms with Gasteiger partial charge in [0.2, 0.25) is 0 Å². The van der Waals surface area contributed by atoms with Crippen molar-refractivity contribution in [3.8, 4) is 23.0 Å². The van der Waals surface area contributed by atoms with Crippen LogP contribution in [0, 0.1) is 11.8 Å². The molecule has 0 saturated heterocycles. The van der Waals surface area contributed by atoms with Gasteiger partial charge in [-0.2, -0.15) is 0 Å². The normalized spacial score (nSPS) is 9.82. The van der Waals surface area contributed by atoms with E-state index in [1.165, 1.54) is 11.3 Å². The highest BCUT2D eigenvalue weighted by Gasteiger charge is 2.14. The van der Waals surface area contributed by atoms with Crippen molar-refractivity contribution in [1.82, 2.24) is 9.97 Å². The molecule has 0 aliphatic heterocycles. The van der Waals surface area contributed by atoms with E-state index in [9.17, 15) is 9.90 Å². The molecule has 0 saturated carbocycles. The Balaban J connectivity index is 2.18. The van der Waals surface area contributed by atoms with Crippen molar-refractivity contribution in [2.24, 2.45) is 0 Å². The summed E-state index contributed by atoms with van der Waals surface area (Å²) in [5.41, 5.74) is 4.62. The van der Waals surface area contributed by atoms with Gasteiger partial charge in [-0.15, -0.1) is 11.3 Å². The molecule has 0 fully saturated rings. The lowest BCUT2D eigenvalue weighted by molar-refractivity contribution is 0.0697. The molecule has 1 aromatic carbocycles. The largest absolute Gasteiger partial charge is 0.478 e. The number of pyridine rings is 1. The first kappa shape index (κ1) is 14.0. The summed E-state index contributed by atoms with van der Waals surface area (Å²) in [5, 5.41) is 11.3. The van der Waals surface area contributed by atoms with Crippen molar-refractivity contribution < 1.29 is 9.90 Å². The minimum Gasteiger partial charge on any atom is -0.478 e. The molecule has 4 nitrogen and oxygen atoms in total. The van der Waals surface area contributed by atoms with Crippen LogP contribution in [0.25, 0.3) is 11.1 Å². The van der Waals surface area contributed by atoms with E-state index in [0.717, 1.165) is 5.56 Å². The number of carbonyl (C=O) groups is 1. The molecule has 3 aromatic rings. The third kappa shape index (κ3) is 2.87. The molecule has 3 rings (SSSR count). The number of hydrogen-bond acceptors (Lipinski definition) is 4. The van der Waals surface area contributed by atoms with Crippen LogP contribution in [-0.4, -0.2) is 21.0 Å². The topological polar surface area (TPSA) is 63.1 Å². The maximum Gasteiger partial charge on any atom is 0.336 e. The molecule has 22 heavy (non-hydrogen) atoms. The summed E-state index contributed by atoms with van der Waals surface area (Å²) >= 11 is 1.47. The smallest absolute Gasteiger partial charge is 0.336 e.